The van der Waals surface area contributed by atoms with E-state index in [4.69, 9.17) is 13.6 Å². The van der Waals surface area contributed by atoms with Gasteiger partial charge in [0.1, 0.15) is 6.10 Å². The van der Waals surface area contributed by atoms with Gasteiger partial charge in [-0.2, -0.15) is 13.2 Å². The van der Waals surface area contributed by atoms with Crippen molar-refractivity contribution in [3.8, 4) is 0 Å². The van der Waals surface area contributed by atoms with E-state index in [9.17, 15) is 18.3 Å². The maximum atomic E-state index is 13.8. The van der Waals surface area contributed by atoms with Crippen molar-refractivity contribution in [2.45, 2.75) is 115 Å². The lowest BCUT2D eigenvalue weighted by Crippen LogP contribution is -2.58. The summed E-state index contributed by atoms with van der Waals surface area (Å²) in [6, 6.07) is 9.59. The van der Waals surface area contributed by atoms with E-state index in [0.717, 1.165) is 5.56 Å². The van der Waals surface area contributed by atoms with Gasteiger partial charge in [0.2, 0.25) is 0 Å². The molecule has 1 N–H and O–H groups in total. The summed E-state index contributed by atoms with van der Waals surface area (Å²) in [7, 11) is -5.14. The van der Waals surface area contributed by atoms with Crippen molar-refractivity contribution >= 4 is 16.6 Å². The predicted octanol–water partition coefficient (Wildman–Crippen LogP) is 7.30. The van der Waals surface area contributed by atoms with Gasteiger partial charge in [0, 0.05) is 6.61 Å². The standard InChI is InChI=1S/C25H45F3O4Si2/c1-23(2,3)33(7,8)31-20(16-17-30-18-19-14-12-11-13-15-19)21(22(29)25(26,27)28)32-34(9,10)24(4,5)6/h11-15,20-22,29H,16-18H2,1-10H3/t20-,21+,22-/m0/s1. The van der Waals surface area contributed by atoms with Gasteiger partial charge in [-0.05, 0) is 48.2 Å². The van der Waals surface area contributed by atoms with E-state index >= 15 is 0 Å². The van der Waals surface area contributed by atoms with Crippen molar-refractivity contribution in [2.24, 2.45) is 0 Å². The molecule has 0 saturated carbocycles. The third kappa shape index (κ3) is 9.06. The van der Waals surface area contributed by atoms with Crippen LogP contribution in [0.25, 0.3) is 0 Å². The van der Waals surface area contributed by atoms with Gasteiger partial charge in [-0.1, -0.05) is 71.9 Å². The molecule has 0 radical (unpaired) electrons. The fraction of sp³-hybridized carbons (Fsp3) is 0.760. The van der Waals surface area contributed by atoms with Crippen molar-refractivity contribution < 1.29 is 31.9 Å². The van der Waals surface area contributed by atoms with Crippen LogP contribution >= 0.6 is 0 Å². The molecule has 3 atom stereocenters. The summed E-state index contributed by atoms with van der Waals surface area (Å²) < 4.78 is 60.0. The number of hydrogen-bond acceptors (Lipinski definition) is 4. The van der Waals surface area contributed by atoms with E-state index in [1.807, 2.05) is 98.1 Å². The zero-order chi connectivity index (χ0) is 26.6. The molecule has 9 heteroatoms. The third-order valence-electron chi connectivity index (χ3n) is 7.16. The number of halogens is 3. The number of rotatable bonds is 11. The second-order valence-corrected chi connectivity index (χ2v) is 21.6. The van der Waals surface area contributed by atoms with Gasteiger partial charge in [0.05, 0.1) is 12.7 Å². The Balaban J connectivity index is 3.24. The largest absolute Gasteiger partial charge is 0.416 e. The van der Waals surface area contributed by atoms with Crippen LogP contribution in [-0.2, 0) is 20.2 Å². The Bertz CT molecular complexity index is 741. The molecule has 0 amide bonds. The topological polar surface area (TPSA) is 47.9 Å². The Kier molecular flexibility index (Phi) is 10.6. The van der Waals surface area contributed by atoms with E-state index in [1.165, 1.54) is 0 Å². The molecule has 1 rings (SSSR count). The summed E-state index contributed by atoms with van der Waals surface area (Å²) >= 11 is 0. The van der Waals surface area contributed by atoms with Crippen LogP contribution in [0.15, 0.2) is 30.3 Å². The minimum Gasteiger partial charge on any atom is -0.411 e. The Morgan fingerprint density at radius 2 is 1.29 bits per heavy atom. The molecule has 34 heavy (non-hydrogen) atoms. The number of alkyl halides is 3. The molecule has 4 nitrogen and oxygen atoms in total. The Hall–Kier alpha value is -0.716. The van der Waals surface area contributed by atoms with Crippen LogP contribution in [0.3, 0.4) is 0 Å². The second-order valence-electron chi connectivity index (χ2n) is 12.1. The van der Waals surface area contributed by atoms with Crippen molar-refractivity contribution in [2.75, 3.05) is 6.61 Å². The maximum Gasteiger partial charge on any atom is 0.416 e. The average molecular weight is 523 g/mol. The molecule has 0 aliphatic heterocycles. The molecule has 0 saturated heterocycles. The maximum absolute atomic E-state index is 13.8. The van der Waals surface area contributed by atoms with Crippen molar-refractivity contribution in [1.29, 1.82) is 0 Å². The minimum absolute atomic E-state index is 0.186. The lowest BCUT2D eigenvalue weighted by molar-refractivity contribution is -0.238. The van der Waals surface area contributed by atoms with Gasteiger partial charge in [-0.25, -0.2) is 0 Å². The summed E-state index contributed by atoms with van der Waals surface area (Å²) in [6.07, 6.45) is -9.78. The summed E-state index contributed by atoms with van der Waals surface area (Å²) in [5.74, 6) is 0. The van der Waals surface area contributed by atoms with Gasteiger partial charge in [0.25, 0.3) is 0 Å². The summed E-state index contributed by atoms with van der Waals surface area (Å²) in [6.45, 7) is 20.3. The molecular formula is C25H45F3O4Si2. The molecule has 1 aromatic rings. The highest BCUT2D eigenvalue weighted by atomic mass is 28.4. The molecule has 0 heterocycles. The molecule has 0 aliphatic rings. The van der Waals surface area contributed by atoms with Gasteiger partial charge < -0.3 is 18.7 Å². The Labute approximate surface area is 206 Å². The fourth-order valence-corrected chi connectivity index (χ4v) is 5.53. The zero-order valence-electron chi connectivity index (χ0n) is 22.5. The molecule has 0 bridgehead atoms. The highest BCUT2D eigenvalue weighted by Crippen LogP contribution is 2.42. The zero-order valence-corrected chi connectivity index (χ0v) is 24.5. The van der Waals surface area contributed by atoms with Crippen LogP contribution in [0.5, 0.6) is 0 Å². The number of aliphatic hydroxyl groups is 1. The third-order valence-corrected chi connectivity index (χ3v) is 16.1. The monoisotopic (exact) mass is 522 g/mol. The molecule has 0 unspecified atom stereocenters. The molecule has 0 aromatic heterocycles. The molecule has 1 aromatic carbocycles. The second kappa shape index (κ2) is 11.6. The first-order valence-electron chi connectivity index (χ1n) is 11.9. The van der Waals surface area contributed by atoms with E-state index in [0.29, 0.717) is 6.61 Å². The minimum atomic E-state index is -4.83. The van der Waals surface area contributed by atoms with Gasteiger partial charge in [-0.3, -0.25) is 0 Å². The smallest absolute Gasteiger partial charge is 0.411 e. The van der Waals surface area contributed by atoms with Crippen LogP contribution in [0.2, 0.25) is 36.3 Å². The van der Waals surface area contributed by atoms with Crippen molar-refractivity contribution in [3.63, 3.8) is 0 Å². The van der Waals surface area contributed by atoms with Crippen LogP contribution in [0, 0.1) is 0 Å². The summed E-state index contributed by atoms with van der Waals surface area (Å²) in [5, 5.41) is 9.89. The first-order valence-corrected chi connectivity index (χ1v) is 17.7. The number of hydrogen-bond donors (Lipinski definition) is 1. The lowest BCUT2D eigenvalue weighted by Gasteiger charge is -2.46. The van der Waals surface area contributed by atoms with Gasteiger partial charge >= 0.3 is 6.18 Å². The van der Waals surface area contributed by atoms with Crippen LogP contribution < -0.4 is 0 Å². The molecule has 0 fully saturated rings. The molecule has 0 spiro atoms. The van der Waals surface area contributed by atoms with E-state index in [1.54, 1.807) is 0 Å². The fourth-order valence-electron chi connectivity index (χ4n) is 2.86. The Morgan fingerprint density at radius 1 is 0.824 bits per heavy atom. The van der Waals surface area contributed by atoms with Crippen molar-refractivity contribution in [3.05, 3.63) is 35.9 Å². The van der Waals surface area contributed by atoms with E-state index in [2.05, 4.69) is 0 Å². The van der Waals surface area contributed by atoms with Crippen LogP contribution in [0.1, 0.15) is 53.5 Å². The number of ether oxygens (including phenoxy) is 1. The van der Waals surface area contributed by atoms with E-state index < -0.39 is 41.1 Å². The first-order chi connectivity index (χ1) is 15.2. The molecular weight excluding hydrogens is 477 g/mol. The Morgan fingerprint density at radius 3 is 1.74 bits per heavy atom. The van der Waals surface area contributed by atoms with Crippen LogP contribution in [0.4, 0.5) is 13.2 Å². The molecule has 198 valence electrons. The summed E-state index contributed by atoms with van der Waals surface area (Å²) in [5.41, 5.74) is 0.980. The highest BCUT2D eigenvalue weighted by Gasteiger charge is 2.52. The predicted molar refractivity (Wildman–Crippen MR) is 137 cm³/mol. The van der Waals surface area contributed by atoms with Gasteiger partial charge in [-0.15, -0.1) is 0 Å². The highest BCUT2D eigenvalue weighted by molar-refractivity contribution is 6.74. The lowest BCUT2D eigenvalue weighted by atomic mass is 10.1. The van der Waals surface area contributed by atoms with E-state index in [-0.39, 0.29) is 23.1 Å². The van der Waals surface area contributed by atoms with Crippen molar-refractivity contribution in [1.82, 2.24) is 0 Å². The molecule has 0 aliphatic carbocycles. The SMILES string of the molecule is CC(C)(C)[Si](C)(C)O[C@H]([C@H](CCOCc1ccccc1)O[Si](C)(C)C(C)(C)C)[C@H](O)C(F)(F)F. The number of benzene rings is 1. The van der Waals surface area contributed by atoms with Crippen LogP contribution in [-0.4, -0.2) is 52.8 Å². The first kappa shape index (κ1) is 31.3. The average Bonchev–Trinajstić information content (AvgIpc) is 2.66. The quantitative estimate of drug-likeness (QED) is 0.245. The number of aliphatic hydroxyl groups excluding tert-OH is 1. The normalized spacial score (nSPS) is 16.9. The van der Waals surface area contributed by atoms with Gasteiger partial charge in [0.15, 0.2) is 22.7 Å². The summed E-state index contributed by atoms with van der Waals surface area (Å²) in [4.78, 5) is 0.